The molecule has 3 heteroatoms. The standard InChI is InChI=1S/C21H36O3/c1-5-6-12-20(19(22)23)13-15(4)17-18(24-17)21(20,14(2)3)16-10-8-7-9-11-16/h14-18H,5-13H2,1-4H3,(H,22,23). The van der Waals surface area contributed by atoms with E-state index in [2.05, 4.69) is 27.7 Å². The van der Waals surface area contributed by atoms with Crippen molar-refractivity contribution in [3.8, 4) is 0 Å². The molecule has 3 rings (SSSR count). The average molecular weight is 337 g/mol. The first-order valence-electron chi connectivity index (χ1n) is 10.3. The number of carboxylic acid groups (broad SMARTS) is 1. The van der Waals surface area contributed by atoms with Crippen LogP contribution in [0.25, 0.3) is 0 Å². The zero-order valence-corrected chi connectivity index (χ0v) is 16.0. The lowest BCUT2D eigenvalue weighted by atomic mass is 9.43. The summed E-state index contributed by atoms with van der Waals surface area (Å²) in [6, 6.07) is 0. The van der Waals surface area contributed by atoms with Gasteiger partial charge in [-0.25, -0.2) is 0 Å². The van der Waals surface area contributed by atoms with Gasteiger partial charge in [0.15, 0.2) is 0 Å². The van der Waals surface area contributed by atoms with Crippen LogP contribution in [0.5, 0.6) is 0 Å². The second-order valence-corrected chi connectivity index (χ2v) is 9.12. The molecule has 0 radical (unpaired) electrons. The molecule has 0 aromatic rings. The van der Waals surface area contributed by atoms with Crippen molar-refractivity contribution >= 4 is 5.97 Å². The van der Waals surface area contributed by atoms with Gasteiger partial charge in [0, 0.05) is 5.41 Å². The van der Waals surface area contributed by atoms with Crippen molar-refractivity contribution in [1.29, 1.82) is 0 Å². The Morgan fingerprint density at radius 1 is 1.25 bits per heavy atom. The molecule has 3 fully saturated rings. The highest BCUT2D eigenvalue weighted by atomic mass is 16.6. The highest BCUT2D eigenvalue weighted by Gasteiger charge is 2.74. The maximum absolute atomic E-state index is 12.8. The van der Waals surface area contributed by atoms with Gasteiger partial charge < -0.3 is 9.84 Å². The quantitative estimate of drug-likeness (QED) is 0.672. The fraction of sp³-hybridized carbons (Fsp3) is 0.952. The van der Waals surface area contributed by atoms with Gasteiger partial charge in [-0.1, -0.05) is 59.8 Å². The smallest absolute Gasteiger partial charge is 0.310 e. The van der Waals surface area contributed by atoms with Crippen LogP contribution in [0, 0.1) is 28.6 Å². The van der Waals surface area contributed by atoms with Gasteiger partial charge in [-0.15, -0.1) is 0 Å². The molecule has 5 unspecified atom stereocenters. The van der Waals surface area contributed by atoms with Gasteiger partial charge in [0.1, 0.15) is 0 Å². The first kappa shape index (κ1) is 18.2. The third-order valence-corrected chi connectivity index (χ3v) is 7.66. The molecule has 0 aromatic carbocycles. The maximum Gasteiger partial charge on any atom is 0.310 e. The third-order valence-electron chi connectivity index (χ3n) is 7.66. The molecule has 1 aliphatic heterocycles. The average Bonchev–Trinajstić information content (AvgIpc) is 3.34. The molecule has 24 heavy (non-hydrogen) atoms. The number of unbranched alkanes of at least 4 members (excludes halogenated alkanes) is 1. The summed E-state index contributed by atoms with van der Waals surface area (Å²) >= 11 is 0. The lowest BCUT2D eigenvalue weighted by Gasteiger charge is -2.58. The number of epoxide rings is 1. The largest absolute Gasteiger partial charge is 0.481 e. The molecule has 1 saturated heterocycles. The van der Waals surface area contributed by atoms with E-state index in [-0.39, 0.29) is 11.5 Å². The Morgan fingerprint density at radius 2 is 1.92 bits per heavy atom. The molecular formula is C21H36O3. The van der Waals surface area contributed by atoms with Crippen LogP contribution in [0.4, 0.5) is 0 Å². The predicted molar refractivity (Wildman–Crippen MR) is 95.9 cm³/mol. The van der Waals surface area contributed by atoms with E-state index >= 15 is 0 Å². The monoisotopic (exact) mass is 336 g/mol. The minimum absolute atomic E-state index is 0.175. The van der Waals surface area contributed by atoms with Crippen LogP contribution in [0.2, 0.25) is 0 Å². The fourth-order valence-corrected chi connectivity index (χ4v) is 6.79. The molecular weight excluding hydrogens is 300 g/mol. The Bertz CT molecular complexity index is 468. The molecule has 0 bridgehead atoms. The van der Waals surface area contributed by atoms with E-state index in [0.717, 1.165) is 25.7 Å². The Hall–Kier alpha value is -0.570. The molecule has 2 aliphatic carbocycles. The van der Waals surface area contributed by atoms with E-state index in [1.165, 1.54) is 32.1 Å². The van der Waals surface area contributed by atoms with Crippen molar-refractivity contribution in [2.45, 2.75) is 97.7 Å². The van der Waals surface area contributed by atoms with Crippen LogP contribution in [-0.2, 0) is 9.53 Å². The van der Waals surface area contributed by atoms with Gasteiger partial charge in [0.25, 0.3) is 0 Å². The van der Waals surface area contributed by atoms with E-state index < -0.39 is 11.4 Å². The number of carboxylic acids is 1. The highest BCUT2D eigenvalue weighted by Crippen LogP contribution is 2.70. The van der Waals surface area contributed by atoms with Gasteiger partial charge >= 0.3 is 5.97 Å². The van der Waals surface area contributed by atoms with Crippen molar-refractivity contribution in [3.63, 3.8) is 0 Å². The first-order chi connectivity index (χ1) is 11.4. The molecule has 3 nitrogen and oxygen atoms in total. The molecule has 5 atom stereocenters. The van der Waals surface area contributed by atoms with Crippen LogP contribution in [-0.4, -0.2) is 23.3 Å². The summed E-state index contributed by atoms with van der Waals surface area (Å²) in [7, 11) is 0. The highest BCUT2D eigenvalue weighted by molar-refractivity contribution is 5.77. The summed E-state index contributed by atoms with van der Waals surface area (Å²) < 4.78 is 6.24. The van der Waals surface area contributed by atoms with Crippen molar-refractivity contribution in [2.75, 3.05) is 0 Å². The van der Waals surface area contributed by atoms with Crippen molar-refractivity contribution in [1.82, 2.24) is 0 Å². The normalized spacial score (nSPS) is 42.8. The molecule has 0 amide bonds. The number of carbonyl (C=O) groups is 1. The number of hydrogen-bond acceptors (Lipinski definition) is 2. The number of ether oxygens (including phenoxy) is 1. The summed E-state index contributed by atoms with van der Waals surface area (Å²) in [5, 5.41) is 10.5. The summed E-state index contributed by atoms with van der Waals surface area (Å²) in [6.07, 6.45) is 10.4. The van der Waals surface area contributed by atoms with Crippen LogP contribution < -0.4 is 0 Å². The Balaban J connectivity index is 2.10. The van der Waals surface area contributed by atoms with E-state index in [1.807, 2.05) is 0 Å². The first-order valence-corrected chi connectivity index (χ1v) is 10.3. The lowest BCUT2D eigenvalue weighted by molar-refractivity contribution is -0.182. The molecule has 3 aliphatic rings. The van der Waals surface area contributed by atoms with Gasteiger partial charge in [-0.3, -0.25) is 4.79 Å². The van der Waals surface area contributed by atoms with E-state index in [9.17, 15) is 9.90 Å². The molecule has 2 saturated carbocycles. The Labute approximate surface area is 147 Å². The summed E-state index contributed by atoms with van der Waals surface area (Å²) in [4.78, 5) is 12.8. The minimum Gasteiger partial charge on any atom is -0.481 e. The minimum atomic E-state index is -0.601. The summed E-state index contributed by atoms with van der Waals surface area (Å²) in [5.41, 5.74) is -0.776. The van der Waals surface area contributed by atoms with Crippen molar-refractivity contribution in [2.24, 2.45) is 28.6 Å². The maximum atomic E-state index is 12.8. The zero-order chi connectivity index (χ0) is 17.5. The zero-order valence-electron chi connectivity index (χ0n) is 16.0. The molecule has 1 N–H and O–H groups in total. The van der Waals surface area contributed by atoms with Crippen LogP contribution in [0.3, 0.4) is 0 Å². The van der Waals surface area contributed by atoms with Crippen molar-refractivity contribution < 1.29 is 14.6 Å². The molecule has 0 spiro atoms. The van der Waals surface area contributed by atoms with Crippen LogP contribution >= 0.6 is 0 Å². The van der Waals surface area contributed by atoms with Crippen LogP contribution in [0.1, 0.15) is 85.5 Å². The Morgan fingerprint density at radius 3 is 2.46 bits per heavy atom. The third kappa shape index (κ3) is 2.45. The summed E-state index contributed by atoms with van der Waals surface area (Å²) in [5.74, 6) is 0.701. The SMILES string of the molecule is CCCCC1(C(=O)O)CC(C)C2OC2C1(C(C)C)C1CCCCC1. The second-order valence-electron chi connectivity index (χ2n) is 9.12. The summed E-state index contributed by atoms with van der Waals surface area (Å²) in [6.45, 7) is 8.93. The van der Waals surface area contributed by atoms with Gasteiger partial charge in [-0.2, -0.15) is 0 Å². The van der Waals surface area contributed by atoms with Gasteiger partial charge in [-0.05, 0) is 43.4 Å². The van der Waals surface area contributed by atoms with Crippen LogP contribution in [0.15, 0.2) is 0 Å². The molecule has 138 valence electrons. The fourth-order valence-electron chi connectivity index (χ4n) is 6.79. The van der Waals surface area contributed by atoms with E-state index in [0.29, 0.717) is 23.9 Å². The number of fused-ring (bicyclic) bond motifs is 1. The predicted octanol–water partition coefficient (Wildman–Crippen LogP) is 5.28. The van der Waals surface area contributed by atoms with E-state index in [1.54, 1.807) is 0 Å². The topological polar surface area (TPSA) is 49.8 Å². The second kappa shape index (κ2) is 6.63. The van der Waals surface area contributed by atoms with Gasteiger partial charge in [0.05, 0.1) is 17.6 Å². The molecule has 1 heterocycles. The van der Waals surface area contributed by atoms with E-state index in [4.69, 9.17) is 4.74 Å². The Kier molecular flexibility index (Phi) is 5.03. The lowest BCUT2D eigenvalue weighted by Crippen LogP contribution is -2.62. The number of hydrogen-bond donors (Lipinski definition) is 1. The molecule has 0 aromatic heterocycles. The van der Waals surface area contributed by atoms with Crippen molar-refractivity contribution in [3.05, 3.63) is 0 Å². The number of rotatable bonds is 6. The number of aliphatic carboxylic acids is 1. The van der Waals surface area contributed by atoms with Gasteiger partial charge in [0.2, 0.25) is 0 Å².